The summed E-state index contributed by atoms with van der Waals surface area (Å²) in [6.07, 6.45) is 1.42. The van der Waals surface area contributed by atoms with E-state index in [-0.39, 0.29) is 12.1 Å². The normalized spacial score (nSPS) is 11.4. The van der Waals surface area contributed by atoms with Crippen LogP contribution >= 0.6 is 0 Å². The minimum Gasteiger partial charge on any atom is -0.480 e. The Kier molecular flexibility index (Phi) is 5.62. The van der Waals surface area contributed by atoms with E-state index in [4.69, 9.17) is 5.11 Å². The molecule has 0 aliphatic heterocycles. The zero-order valence-corrected chi connectivity index (χ0v) is 13.3. The number of rotatable bonds is 7. The molecule has 1 aromatic carbocycles. The molecule has 9 nitrogen and oxygen atoms in total. The number of benzene rings is 1. The van der Waals surface area contributed by atoms with Crippen LogP contribution in [-0.4, -0.2) is 32.9 Å². The van der Waals surface area contributed by atoms with Crippen LogP contribution in [0.5, 0.6) is 0 Å². The zero-order chi connectivity index (χ0) is 18.4. The number of nitrogens with one attached hydrogen (secondary N) is 2. The molecule has 25 heavy (non-hydrogen) atoms. The molecule has 0 bridgehead atoms. The molecule has 0 fully saturated rings. The van der Waals surface area contributed by atoms with Crippen LogP contribution in [0.3, 0.4) is 0 Å². The molecule has 0 radical (unpaired) electrons. The molecule has 0 spiro atoms. The molecular weight excluding hydrogens is 328 g/mol. The van der Waals surface area contributed by atoms with Crippen LogP contribution in [0.2, 0.25) is 0 Å². The molecule has 0 saturated carbocycles. The number of carboxylic acids is 1. The Morgan fingerprint density at radius 3 is 2.40 bits per heavy atom. The van der Waals surface area contributed by atoms with E-state index in [1.807, 2.05) is 0 Å². The Labute approximate surface area is 142 Å². The van der Waals surface area contributed by atoms with Crippen molar-refractivity contribution in [3.05, 3.63) is 58.3 Å². The minimum atomic E-state index is -1.08. The first-order valence-corrected chi connectivity index (χ1v) is 7.42. The van der Waals surface area contributed by atoms with Gasteiger partial charge in [-0.15, -0.1) is 0 Å². The van der Waals surface area contributed by atoms with Crippen molar-refractivity contribution in [2.75, 3.05) is 5.32 Å². The van der Waals surface area contributed by atoms with E-state index in [9.17, 15) is 19.7 Å². The van der Waals surface area contributed by atoms with Crippen LogP contribution in [0.15, 0.2) is 42.6 Å². The minimum absolute atomic E-state index is 0.110. The van der Waals surface area contributed by atoms with Crippen molar-refractivity contribution in [3.8, 4) is 0 Å². The summed E-state index contributed by atoms with van der Waals surface area (Å²) in [5.41, 5.74) is 0.839. The predicted octanol–water partition coefficient (Wildman–Crippen LogP) is 2.33. The van der Waals surface area contributed by atoms with Crippen molar-refractivity contribution in [2.45, 2.75) is 19.4 Å². The van der Waals surface area contributed by atoms with E-state index in [0.717, 1.165) is 6.20 Å². The van der Waals surface area contributed by atoms with Gasteiger partial charge < -0.3 is 15.7 Å². The van der Waals surface area contributed by atoms with Gasteiger partial charge in [0, 0.05) is 17.3 Å². The molecule has 1 unspecified atom stereocenters. The first kappa shape index (κ1) is 17.9. The number of anilines is 2. The average molecular weight is 344 g/mol. The molecule has 0 saturated heterocycles. The number of aromatic nitrogens is 1. The van der Waals surface area contributed by atoms with E-state index in [1.165, 1.54) is 24.3 Å². The molecule has 1 heterocycles. The maximum atomic E-state index is 12.0. The van der Waals surface area contributed by atoms with Gasteiger partial charge in [0.05, 0.1) is 4.92 Å². The standard InChI is InChI=1S/C16H16N4O5/c1-2-13(16(22)23)19-15(21)10-3-5-11(6-4-10)18-14-8-7-12(9-17-14)20(24)25/h3-9,13H,2H2,1H3,(H,17,18)(H,19,21)(H,22,23). The number of aliphatic carboxylic acids is 1. The van der Waals surface area contributed by atoms with E-state index in [2.05, 4.69) is 15.6 Å². The van der Waals surface area contributed by atoms with Gasteiger partial charge in [0.25, 0.3) is 11.6 Å². The Balaban J connectivity index is 2.02. The molecule has 130 valence electrons. The van der Waals surface area contributed by atoms with Gasteiger partial charge in [0.15, 0.2) is 0 Å². The number of hydrogen-bond acceptors (Lipinski definition) is 6. The lowest BCUT2D eigenvalue weighted by Gasteiger charge is -2.12. The Morgan fingerprint density at radius 2 is 1.92 bits per heavy atom. The highest BCUT2D eigenvalue weighted by Crippen LogP contribution is 2.17. The fourth-order valence-corrected chi connectivity index (χ4v) is 2.00. The second kappa shape index (κ2) is 7.86. The third kappa shape index (κ3) is 4.74. The third-order valence-electron chi connectivity index (χ3n) is 3.39. The summed E-state index contributed by atoms with van der Waals surface area (Å²) in [6, 6.07) is 8.19. The largest absolute Gasteiger partial charge is 0.480 e. The topological polar surface area (TPSA) is 134 Å². The summed E-state index contributed by atoms with van der Waals surface area (Å²) in [5.74, 6) is -1.15. The van der Waals surface area contributed by atoms with Gasteiger partial charge in [-0.1, -0.05) is 6.92 Å². The van der Waals surface area contributed by atoms with Gasteiger partial charge >= 0.3 is 5.97 Å². The van der Waals surface area contributed by atoms with E-state index in [1.54, 1.807) is 19.1 Å². The predicted molar refractivity (Wildman–Crippen MR) is 89.8 cm³/mol. The molecule has 2 rings (SSSR count). The highest BCUT2D eigenvalue weighted by molar-refractivity contribution is 5.96. The highest BCUT2D eigenvalue weighted by Gasteiger charge is 2.18. The quantitative estimate of drug-likeness (QED) is 0.518. The number of pyridine rings is 1. The monoisotopic (exact) mass is 344 g/mol. The molecule has 1 amide bonds. The van der Waals surface area contributed by atoms with Crippen LogP contribution in [0.1, 0.15) is 23.7 Å². The summed E-state index contributed by atoms with van der Waals surface area (Å²) in [7, 11) is 0. The fourth-order valence-electron chi connectivity index (χ4n) is 2.00. The lowest BCUT2D eigenvalue weighted by molar-refractivity contribution is -0.385. The van der Waals surface area contributed by atoms with Crippen molar-refractivity contribution in [2.24, 2.45) is 0 Å². The Hall–Kier alpha value is -3.49. The molecule has 2 aromatic rings. The SMILES string of the molecule is CCC(NC(=O)c1ccc(Nc2ccc([N+](=O)[O-])cn2)cc1)C(=O)O. The highest BCUT2D eigenvalue weighted by atomic mass is 16.6. The molecular formula is C16H16N4O5. The van der Waals surface area contributed by atoms with Gasteiger partial charge in [-0.25, -0.2) is 9.78 Å². The number of amides is 1. The van der Waals surface area contributed by atoms with Crippen molar-refractivity contribution in [1.82, 2.24) is 10.3 Å². The van der Waals surface area contributed by atoms with E-state index in [0.29, 0.717) is 17.1 Å². The van der Waals surface area contributed by atoms with Crippen molar-refractivity contribution >= 4 is 29.1 Å². The van der Waals surface area contributed by atoms with Crippen LogP contribution < -0.4 is 10.6 Å². The second-order valence-electron chi connectivity index (χ2n) is 5.13. The smallest absolute Gasteiger partial charge is 0.326 e. The average Bonchev–Trinajstić information content (AvgIpc) is 2.60. The van der Waals surface area contributed by atoms with E-state index < -0.39 is 22.8 Å². The zero-order valence-electron chi connectivity index (χ0n) is 13.3. The van der Waals surface area contributed by atoms with Crippen LogP contribution in [0, 0.1) is 10.1 Å². The van der Waals surface area contributed by atoms with Gasteiger partial charge in [-0.2, -0.15) is 0 Å². The number of carbonyl (C=O) groups is 2. The maximum absolute atomic E-state index is 12.0. The number of carboxylic acid groups (broad SMARTS) is 1. The summed E-state index contributed by atoms with van der Waals surface area (Å²) < 4.78 is 0. The van der Waals surface area contributed by atoms with Crippen LogP contribution in [0.4, 0.5) is 17.2 Å². The summed E-state index contributed by atoms with van der Waals surface area (Å²) in [6.45, 7) is 1.67. The van der Waals surface area contributed by atoms with Gasteiger partial charge in [0.2, 0.25) is 0 Å². The van der Waals surface area contributed by atoms with Gasteiger partial charge in [0.1, 0.15) is 18.1 Å². The Morgan fingerprint density at radius 1 is 1.24 bits per heavy atom. The van der Waals surface area contributed by atoms with Crippen molar-refractivity contribution < 1.29 is 19.6 Å². The second-order valence-corrected chi connectivity index (χ2v) is 5.13. The summed E-state index contributed by atoms with van der Waals surface area (Å²) in [5, 5.41) is 24.9. The van der Waals surface area contributed by atoms with E-state index >= 15 is 0 Å². The number of nitrogens with zero attached hydrogens (tertiary/aromatic N) is 2. The number of hydrogen-bond donors (Lipinski definition) is 3. The molecule has 1 aromatic heterocycles. The third-order valence-corrected chi connectivity index (χ3v) is 3.39. The van der Waals surface area contributed by atoms with Crippen molar-refractivity contribution in [1.29, 1.82) is 0 Å². The van der Waals surface area contributed by atoms with Crippen LogP contribution in [-0.2, 0) is 4.79 Å². The molecule has 0 aliphatic carbocycles. The van der Waals surface area contributed by atoms with Crippen molar-refractivity contribution in [3.63, 3.8) is 0 Å². The lowest BCUT2D eigenvalue weighted by atomic mass is 10.1. The maximum Gasteiger partial charge on any atom is 0.326 e. The Bertz CT molecular complexity index is 774. The van der Waals surface area contributed by atoms with Gasteiger partial charge in [-0.3, -0.25) is 14.9 Å². The molecule has 3 N–H and O–H groups in total. The molecule has 0 aliphatic rings. The number of carbonyl (C=O) groups excluding carboxylic acids is 1. The summed E-state index contributed by atoms with van der Waals surface area (Å²) >= 11 is 0. The van der Waals surface area contributed by atoms with Crippen LogP contribution in [0.25, 0.3) is 0 Å². The lowest BCUT2D eigenvalue weighted by Crippen LogP contribution is -2.40. The fraction of sp³-hybridized carbons (Fsp3) is 0.188. The summed E-state index contributed by atoms with van der Waals surface area (Å²) in [4.78, 5) is 36.9. The first-order valence-electron chi connectivity index (χ1n) is 7.42. The molecule has 1 atom stereocenters. The molecule has 9 heteroatoms. The van der Waals surface area contributed by atoms with Gasteiger partial charge in [-0.05, 0) is 36.8 Å². The first-order chi connectivity index (χ1) is 11.9. The number of nitro groups is 1.